The van der Waals surface area contributed by atoms with Crippen LogP contribution in [-0.4, -0.2) is 84.9 Å². The van der Waals surface area contributed by atoms with Crippen LogP contribution in [-0.2, 0) is 36.8 Å². The van der Waals surface area contributed by atoms with E-state index in [1.165, 1.54) is 7.05 Å². The Morgan fingerprint density at radius 3 is 2.17 bits per heavy atom. The predicted octanol–water partition coefficient (Wildman–Crippen LogP) is 1.66. The molecule has 1 heterocycles. The van der Waals surface area contributed by atoms with Gasteiger partial charge in [0.1, 0.15) is 18.7 Å². The Kier molecular flexibility index (Phi) is 9.81. The number of nitrogens with zero attached hydrogens (tertiary/aromatic N) is 1. The number of benzene rings is 1. The summed E-state index contributed by atoms with van der Waals surface area (Å²) in [5.41, 5.74) is 6.84. The molecular formula is C35H50N6O7. The van der Waals surface area contributed by atoms with Crippen LogP contribution >= 0.6 is 0 Å². The van der Waals surface area contributed by atoms with Crippen LogP contribution < -0.4 is 27.0 Å². The molecule has 1 unspecified atom stereocenters. The summed E-state index contributed by atoms with van der Waals surface area (Å²) in [5, 5.41) is 11.0. The van der Waals surface area contributed by atoms with Crippen LogP contribution in [0.5, 0.6) is 0 Å². The molecule has 3 aliphatic carbocycles. The summed E-state index contributed by atoms with van der Waals surface area (Å²) in [6.07, 6.45) is 2.66. The lowest BCUT2D eigenvalue weighted by molar-refractivity contribution is -0.144. The topological polar surface area (TPSA) is 189 Å². The van der Waals surface area contributed by atoms with E-state index in [0.29, 0.717) is 25.8 Å². The number of amides is 6. The molecule has 13 heteroatoms. The molecule has 0 aromatic heterocycles. The van der Waals surface area contributed by atoms with Crippen molar-refractivity contribution in [1.82, 2.24) is 26.2 Å². The van der Waals surface area contributed by atoms with Gasteiger partial charge in [0.25, 0.3) is 5.91 Å². The van der Waals surface area contributed by atoms with E-state index in [-0.39, 0.29) is 41.6 Å². The van der Waals surface area contributed by atoms with Crippen molar-refractivity contribution in [3.8, 4) is 0 Å². The lowest BCUT2D eigenvalue weighted by atomic mass is 9.87. The monoisotopic (exact) mass is 666 g/mol. The Morgan fingerprint density at radius 2 is 1.62 bits per heavy atom. The zero-order valence-electron chi connectivity index (χ0n) is 28.8. The second kappa shape index (κ2) is 13.4. The molecule has 6 atom stereocenters. The van der Waals surface area contributed by atoms with Gasteiger partial charge in [-0.2, -0.15) is 0 Å². The highest BCUT2D eigenvalue weighted by molar-refractivity contribution is 6.37. The van der Waals surface area contributed by atoms with Crippen LogP contribution in [0.4, 0.5) is 9.59 Å². The lowest BCUT2D eigenvalue weighted by Crippen LogP contribution is -2.61. The van der Waals surface area contributed by atoms with Gasteiger partial charge in [-0.1, -0.05) is 71.7 Å². The molecule has 1 aliphatic heterocycles. The molecular weight excluding hydrogens is 616 g/mol. The number of rotatable bonds is 12. The molecule has 48 heavy (non-hydrogen) atoms. The van der Waals surface area contributed by atoms with Crippen molar-refractivity contribution >= 4 is 35.6 Å². The minimum atomic E-state index is -1.10. The van der Waals surface area contributed by atoms with E-state index in [1.54, 1.807) is 4.90 Å². The number of nitrogens with two attached hydrogens (primary N) is 1. The van der Waals surface area contributed by atoms with Gasteiger partial charge in [0, 0.05) is 13.6 Å². The maximum Gasteiger partial charge on any atom is 0.406 e. The third-order valence-corrected chi connectivity index (χ3v) is 10.9. The highest BCUT2D eigenvalue weighted by Crippen LogP contribution is 2.65. The number of piperidine rings is 1. The van der Waals surface area contributed by atoms with Gasteiger partial charge in [-0.3, -0.25) is 19.2 Å². The smallest absolute Gasteiger partial charge is 0.406 e. The van der Waals surface area contributed by atoms with Gasteiger partial charge in [0.2, 0.25) is 17.6 Å². The summed E-state index contributed by atoms with van der Waals surface area (Å²) in [6.45, 7) is 10.1. The lowest BCUT2D eigenvalue weighted by Gasteiger charge is -2.36. The van der Waals surface area contributed by atoms with E-state index in [1.807, 2.05) is 45.0 Å². The van der Waals surface area contributed by atoms with Crippen LogP contribution in [0, 0.1) is 34.5 Å². The molecule has 0 spiro atoms. The maximum atomic E-state index is 14.6. The van der Waals surface area contributed by atoms with E-state index in [4.69, 9.17) is 10.5 Å². The quantitative estimate of drug-likeness (QED) is 0.210. The fraction of sp³-hybridized carbons (Fsp3) is 0.657. The first-order chi connectivity index (χ1) is 22.5. The minimum absolute atomic E-state index is 0.0632. The van der Waals surface area contributed by atoms with Crippen molar-refractivity contribution in [3.05, 3.63) is 35.4 Å². The molecule has 3 fully saturated rings. The number of Topliss-reactive ketones (excluding diaryl/α,β-unsaturated/α-hetero) is 1. The van der Waals surface area contributed by atoms with Crippen molar-refractivity contribution in [2.45, 2.75) is 90.9 Å². The number of carbonyl (C=O) groups is 6. The van der Waals surface area contributed by atoms with Gasteiger partial charge in [-0.25, -0.2) is 9.59 Å². The molecule has 5 rings (SSSR count). The summed E-state index contributed by atoms with van der Waals surface area (Å²) in [6, 6.07) is 3.87. The first kappa shape index (κ1) is 35.2. The van der Waals surface area contributed by atoms with Gasteiger partial charge in [0.05, 0.1) is 12.1 Å². The van der Waals surface area contributed by atoms with Crippen molar-refractivity contribution in [3.63, 3.8) is 0 Å². The molecule has 4 aliphatic rings. The number of fused-ring (bicyclic) bond motifs is 2. The Bertz CT molecular complexity index is 1440. The van der Waals surface area contributed by atoms with E-state index < -0.39 is 59.3 Å². The van der Waals surface area contributed by atoms with Crippen LogP contribution in [0.1, 0.15) is 65.0 Å². The van der Waals surface area contributed by atoms with E-state index in [0.717, 1.165) is 24.0 Å². The normalized spacial score (nSPS) is 24.3. The first-order valence-electron chi connectivity index (χ1n) is 17.0. The van der Waals surface area contributed by atoms with Crippen LogP contribution in [0.25, 0.3) is 0 Å². The largest absolute Gasteiger partial charge is 0.447 e. The number of ether oxygens (including phenoxy) is 1. The van der Waals surface area contributed by atoms with Gasteiger partial charge >= 0.3 is 12.1 Å². The average Bonchev–Trinajstić information content (AvgIpc) is 3.78. The molecule has 6 N–H and O–H groups in total. The number of hydrogen-bond donors (Lipinski definition) is 5. The molecule has 1 aromatic carbocycles. The van der Waals surface area contributed by atoms with Crippen LogP contribution in [0.2, 0.25) is 0 Å². The standard InChI is InChI=1S/C35H50N6O7/c1-34(2,3)24(17-48-33(47)37-6)39-32(46)40-26(21-14-19-9-7-8-10-20(19)15-21)31(45)41-16-22-25(35(22,4)5)27(41)30(44)38-23(13-18-11-12-18)28(42)29(36)43/h7-10,18,21-27H,11-17H2,1-6H3,(H2,36,43)(H,37,47)(H,38,44)(H2,39,40,46)/t22-,23?,24+,25-,26-,27-/m0/s1. The summed E-state index contributed by atoms with van der Waals surface area (Å²) in [7, 11) is 1.45. The predicted molar refractivity (Wildman–Crippen MR) is 176 cm³/mol. The zero-order chi connectivity index (χ0) is 35.1. The number of alkyl carbamates (subject to hydrolysis) is 1. The Hall–Kier alpha value is -4.16. The average molecular weight is 667 g/mol. The molecule has 1 saturated heterocycles. The SMILES string of the molecule is CNC(=O)OC[C@@H](NC(=O)N[C@H](C(=O)N1C[C@H]2[C@@H]([C@H]1C(=O)NC(CC1CC1)C(=O)C(N)=O)C2(C)C)C1Cc2ccccc2C1)C(C)(C)C. The third-order valence-electron chi connectivity index (χ3n) is 10.9. The van der Waals surface area contributed by atoms with Gasteiger partial charge in [0.15, 0.2) is 0 Å². The summed E-state index contributed by atoms with van der Waals surface area (Å²) < 4.78 is 5.26. The molecule has 13 nitrogen and oxygen atoms in total. The molecule has 2 saturated carbocycles. The van der Waals surface area contributed by atoms with Gasteiger partial charge < -0.3 is 36.6 Å². The second-order valence-electron chi connectivity index (χ2n) is 15.7. The second-order valence-corrected chi connectivity index (χ2v) is 15.7. The highest BCUT2D eigenvalue weighted by atomic mass is 16.5. The zero-order valence-corrected chi connectivity index (χ0v) is 28.8. The molecule has 1 aromatic rings. The van der Waals surface area contributed by atoms with Crippen molar-refractivity contribution < 1.29 is 33.5 Å². The molecule has 6 amide bonds. The fourth-order valence-corrected chi connectivity index (χ4v) is 7.63. The van der Waals surface area contributed by atoms with E-state index in [2.05, 4.69) is 35.1 Å². The van der Waals surface area contributed by atoms with Crippen molar-refractivity contribution in [2.75, 3.05) is 20.2 Å². The number of primary amides is 1. The summed E-state index contributed by atoms with van der Waals surface area (Å²) in [4.78, 5) is 80.2. The number of hydrogen-bond acceptors (Lipinski definition) is 7. The summed E-state index contributed by atoms with van der Waals surface area (Å²) >= 11 is 0. The molecule has 262 valence electrons. The fourth-order valence-electron chi connectivity index (χ4n) is 7.63. The Labute approximate surface area is 281 Å². The van der Waals surface area contributed by atoms with Crippen molar-refractivity contribution in [1.29, 1.82) is 0 Å². The van der Waals surface area contributed by atoms with E-state index in [9.17, 15) is 28.8 Å². The summed E-state index contributed by atoms with van der Waals surface area (Å²) in [5.74, 6) is -2.92. The number of urea groups is 1. The molecule has 0 radical (unpaired) electrons. The number of ketones is 1. The van der Waals surface area contributed by atoms with Gasteiger partial charge in [-0.15, -0.1) is 0 Å². The Morgan fingerprint density at radius 1 is 1.00 bits per heavy atom. The minimum Gasteiger partial charge on any atom is -0.447 e. The van der Waals surface area contributed by atoms with Crippen LogP contribution in [0.15, 0.2) is 24.3 Å². The first-order valence-corrected chi connectivity index (χ1v) is 17.0. The number of nitrogens with one attached hydrogen (secondary N) is 4. The molecule has 0 bridgehead atoms. The number of likely N-dealkylation sites (tertiary alicyclic amines) is 1. The Balaban J connectivity index is 1.39. The van der Waals surface area contributed by atoms with E-state index >= 15 is 0 Å². The maximum absolute atomic E-state index is 14.6. The van der Waals surface area contributed by atoms with Gasteiger partial charge in [-0.05, 0) is 64.9 Å². The van der Waals surface area contributed by atoms with Crippen molar-refractivity contribution in [2.24, 2.45) is 40.2 Å². The van der Waals surface area contributed by atoms with Crippen LogP contribution in [0.3, 0.4) is 0 Å². The third kappa shape index (κ3) is 7.44. The number of carbonyl (C=O) groups excluding carboxylic acids is 6. The highest BCUT2D eigenvalue weighted by Gasteiger charge is 2.70.